The fourth-order valence-corrected chi connectivity index (χ4v) is 4.06. The van der Waals surface area contributed by atoms with Crippen LogP contribution in [-0.4, -0.2) is 61.1 Å². The smallest absolute Gasteiger partial charge is 0.213 e. The summed E-state index contributed by atoms with van der Waals surface area (Å²) in [7, 11) is 1.39. The van der Waals surface area contributed by atoms with Gasteiger partial charge >= 0.3 is 0 Å². The van der Waals surface area contributed by atoms with Gasteiger partial charge in [0, 0.05) is 19.6 Å². The molecule has 1 aliphatic carbocycles. The molecule has 0 amide bonds. The Kier molecular flexibility index (Phi) is 9.51. The first kappa shape index (κ1) is 24.1. The number of hydrogen-bond acceptors (Lipinski definition) is 6. The third kappa shape index (κ3) is 7.24. The Bertz CT molecular complexity index is 784. The van der Waals surface area contributed by atoms with Crippen molar-refractivity contribution in [3.8, 4) is 17.2 Å². The molecule has 1 aliphatic rings. The first-order valence-corrected chi connectivity index (χ1v) is 11.9. The van der Waals surface area contributed by atoms with Crippen molar-refractivity contribution in [3.05, 3.63) is 17.7 Å². The van der Waals surface area contributed by atoms with E-state index in [1.165, 1.54) is 6.42 Å². The van der Waals surface area contributed by atoms with Crippen LogP contribution in [0.25, 0.3) is 0 Å². The van der Waals surface area contributed by atoms with Crippen LogP contribution in [-0.2, 0) is 16.6 Å². The van der Waals surface area contributed by atoms with Gasteiger partial charge in [-0.3, -0.25) is 0 Å². The Morgan fingerprint density at radius 2 is 1.77 bits per heavy atom. The number of methoxy groups -OCH3 is 3. The molecule has 30 heavy (non-hydrogen) atoms. The van der Waals surface area contributed by atoms with E-state index >= 15 is 0 Å². The van der Waals surface area contributed by atoms with Crippen molar-refractivity contribution < 1.29 is 22.6 Å². The number of sulfonamides is 1. The maximum Gasteiger partial charge on any atom is 0.213 e. The fourth-order valence-electron chi connectivity index (χ4n) is 3.06. The van der Waals surface area contributed by atoms with Gasteiger partial charge in [0.05, 0.1) is 33.6 Å². The van der Waals surface area contributed by atoms with Crippen LogP contribution in [0.4, 0.5) is 0 Å². The molecule has 0 spiro atoms. The van der Waals surface area contributed by atoms with Crippen LogP contribution < -0.4 is 29.6 Å². The van der Waals surface area contributed by atoms with E-state index < -0.39 is 10.0 Å². The van der Waals surface area contributed by atoms with Crippen LogP contribution >= 0.6 is 0 Å². The van der Waals surface area contributed by atoms with E-state index in [0.717, 1.165) is 18.4 Å². The minimum atomic E-state index is -3.30. The molecule has 1 aromatic rings. The molecule has 0 saturated heterocycles. The van der Waals surface area contributed by atoms with Gasteiger partial charge in [0.2, 0.25) is 15.8 Å². The summed E-state index contributed by atoms with van der Waals surface area (Å²) in [6, 6.07) is 3.67. The average Bonchev–Trinajstić information content (AvgIpc) is 2.69. The maximum atomic E-state index is 12.1. The number of benzene rings is 1. The number of hydrogen-bond donors (Lipinski definition) is 3. The molecular formula is C20H34N4O5S. The summed E-state index contributed by atoms with van der Waals surface area (Å²) in [5.74, 6) is 2.67. The highest BCUT2D eigenvalue weighted by atomic mass is 32.2. The summed E-state index contributed by atoms with van der Waals surface area (Å²) >= 11 is 0. The van der Waals surface area contributed by atoms with Crippen molar-refractivity contribution >= 4 is 16.0 Å². The Labute approximate surface area is 179 Å². The van der Waals surface area contributed by atoms with Crippen LogP contribution in [0, 0.1) is 5.92 Å². The van der Waals surface area contributed by atoms with E-state index in [4.69, 9.17) is 14.2 Å². The molecule has 0 unspecified atom stereocenters. The molecule has 0 heterocycles. The van der Waals surface area contributed by atoms with Crippen LogP contribution in [0.2, 0.25) is 0 Å². The van der Waals surface area contributed by atoms with Gasteiger partial charge in [-0.25, -0.2) is 18.1 Å². The second-order valence-corrected chi connectivity index (χ2v) is 9.05. The van der Waals surface area contributed by atoms with E-state index in [9.17, 15) is 8.42 Å². The zero-order chi connectivity index (χ0) is 22.0. The molecule has 0 aromatic heterocycles. The molecule has 0 bridgehead atoms. The molecule has 10 heteroatoms. The zero-order valence-corrected chi connectivity index (χ0v) is 19.1. The van der Waals surface area contributed by atoms with Crippen LogP contribution in [0.15, 0.2) is 17.1 Å². The summed E-state index contributed by atoms with van der Waals surface area (Å²) in [5, 5.41) is 6.20. The number of guanidine groups is 1. The normalized spacial score (nSPS) is 14.7. The molecule has 0 atom stereocenters. The first-order chi connectivity index (χ1) is 14.4. The van der Waals surface area contributed by atoms with Gasteiger partial charge in [0.1, 0.15) is 0 Å². The van der Waals surface area contributed by atoms with Crippen LogP contribution in [0.5, 0.6) is 17.2 Å². The predicted octanol–water partition coefficient (Wildman–Crippen LogP) is 1.49. The molecule has 9 nitrogen and oxygen atoms in total. The van der Waals surface area contributed by atoms with E-state index in [1.54, 1.807) is 21.3 Å². The highest BCUT2D eigenvalue weighted by Crippen LogP contribution is 2.38. The standard InChI is InChI=1S/C20H34N4O5S/c1-5-21-20(22-9-10-30(25,26)24-14-15-7-6-8-15)23-13-16-11-17(27-2)19(29-4)18(12-16)28-3/h11-12,15,24H,5-10,13-14H2,1-4H3,(H2,21,22,23). The Morgan fingerprint density at radius 1 is 1.10 bits per heavy atom. The van der Waals surface area contributed by atoms with Crippen LogP contribution in [0.1, 0.15) is 31.7 Å². The Hall–Kier alpha value is -2.20. The highest BCUT2D eigenvalue weighted by Gasteiger charge is 2.20. The average molecular weight is 443 g/mol. The predicted molar refractivity (Wildman–Crippen MR) is 118 cm³/mol. The third-order valence-electron chi connectivity index (χ3n) is 4.97. The summed E-state index contributed by atoms with van der Waals surface area (Å²) in [5.41, 5.74) is 0.872. The minimum absolute atomic E-state index is 0.00564. The van der Waals surface area contributed by atoms with Crippen molar-refractivity contribution in [2.24, 2.45) is 10.9 Å². The molecule has 1 fully saturated rings. The van der Waals surface area contributed by atoms with Gasteiger partial charge in [-0.1, -0.05) is 6.42 Å². The molecule has 1 saturated carbocycles. The summed E-state index contributed by atoms with van der Waals surface area (Å²) in [6.45, 7) is 3.78. The van der Waals surface area contributed by atoms with Crippen molar-refractivity contribution in [3.63, 3.8) is 0 Å². The van der Waals surface area contributed by atoms with E-state index in [1.807, 2.05) is 19.1 Å². The van der Waals surface area contributed by atoms with Gasteiger partial charge in [-0.2, -0.15) is 0 Å². The van der Waals surface area contributed by atoms with Gasteiger partial charge in [0.15, 0.2) is 17.5 Å². The van der Waals surface area contributed by atoms with E-state index in [-0.39, 0.29) is 12.3 Å². The highest BCUT2D eigenvalue weighted by molar-refractivity contribution is 7.89. The topological polar surface area (TPSA) is 110 Å². The lowest BCUT2D eigenvalue weighted by Gasteiger charge is -2.25. The monoisotopic (exact) mass is 442 g/mol. The number of aliphatic imine (C=N–C) groups is 1. The van der Waals surface area contributed by atoms with Crippen molar-refractivity contribution in [2.75, 3.05) is 46.7 Å². The molecule has 1 aromatic carbocycles. The lowest BCUT2D eigenvalue weighted by Crippen LogP contribution is -2.42. The summed E-state index contributed by atoms with van der Waals surface area (Å²) in [4.78, 5) is 4.53. The molecule has 0 radical (unpaired) electrons. The van der Waals surface area contributed by atoms with Gasteiger partial charge in [0.25, 0.3) is 0 Å². The largest absolute Gasteiger partial charge is 0.493 e. The molecule has 170 valence electrons. The lowest BCUT2D eigenvalue weighted by molar-refractivity contribution is 0.316. The van der Waals surface area contributed by atoms with Crippen LogP contribution in [0.3, 0.4) is 0 Å². The Balaban J connectivity index is 1.95. The second kappa shape index (κ2) is 11.8. The maximum absolute atomic E-state index is 12.1. The first-order valence-electron chi connectivity index (χ1n) is 10.2. The van der Waals surface area contributed by atoms with Crippen molar-refractivity contribution in [1.82, 2.24) is 15.4 Å². The van der Waals surface area contributed by atoms with Gasteiger partial charge < -0.3 is 24.8 Å². The molecule has 0 aliphatic heterocycles. The van der Waals surface area contributed by atoms with E-state index in [2.05, 4.69) is 20.3 Å². The summed E-state index contributed by atoms with van der Waals surface area (Å²) in [6.07, 6.45) is 3.42. The van der Waals surface area contributed by atoms with Gasteiger partial charge in [-0.15, -0.1) is 0 Å². The zero-order valence-electron chi connectivity index (χ0n) is 18.3. The number of nitrogens with zero attached hydrogens (tertiary/aromatic N) is 1. The van der Waals surface area contributed by atoms with E-state index in [0.29, 0.717) is 48.8 Å². The number of nitrogens with one attached hydrogen (secondary N) is 3. The number of rotatable bonds is 12. The Morgan fingerprint density at radius 3 is 2.27 bits per heavy atom. The van der Waals surface area contributed by atoms with Crippen molar-refractivity contribution in [1.29, 1.82) is 0 Å². The SMILES string of the molecule is CCNC(=NCc1cc(OC)c(OC)c(OC)c1)NCCS(=O)(=O)NCC1CCC1. The fraction of sp³-hybridized carbons (Fsp3) is 0.650. The number of ether oxygens (including phenoxy) is 3. The molecular weight excluding hydrogens is 408 g/mol. The quantitative estimate of drug-likeness (QED) is 0.332. The van der Waals surface area contributed by atoms with Gasteiger partial charge in [-0.05, 0) is 43.4 Å². The lowest BCUT2D eigenvalue weighted by atomic mass is 9.86. The summed E-state index contributed by atoms with van der Waals surface area (Å²) < 4.78 is 43.1. The molecule has 3 N–H and O–H groups in total. The minimum Gasteiger partial charge on any atom is -0.493 e. The molecule has 2 rings (SSSR count). The third-order valence-corrected chi connectivity index (χ3v) is 6.32. The second-order valence-electron chi connectivity index (χ2n) is 7.12. The van der Waals surface area contributed by atoms with Crippen molar-refractivity contribution in [2.45, 2.75) is 32.7 Å².